The Labute approximate surface area is 197 Å². The molecule has 6 nitrogen and oxygen atoms in total. The highest BCUT2D eigenvalue weighted by molar-refractivity contribution is 5.94. The van der Waals surface area contributed by atoms with Gasteiger partial charge >= 0.3 is 0 Å². The first-order valence-electron chi connectivity index (χ1n) is 12.8. The molecule has 176 valence electrons. The first-order valence-corrected chi connectivity index (χ1v) is 12.8. The molecule has 0 radical (unpaired) electrons. The summed E-state index contributed by atoms with van der Waals surface area (Å²) in [6.45, 7) is 7.71. The maximum atomic E-state index is 5.50. The monoisotopic (exact) mass is 447 g/mol. The van der Waals surface area contributed by atoms with Gasteiger partial charge in [0.2, 0.25) is 5.95 Å². The Morgan fingerprint density at radius 2 is 1.85 bits per heavy atom. The van der Waals surface area contributed by atoms with E-state index in [1.165, 1.54) is 48.9 Å². The summed E-state index contributed by atoms with van der Waals surface area (Å²) in [5.74, 6) is 1.49. The topological polar surface area (TPSA) is 55.2 Å². The summed E-state index contributed by atoms with van der Waals surface area (Å²) in [6, 6.07) is 8.98. The van der Waals surface area contributed by atoms with E-state index in [0.29, 0.717) is 0 Å². The molecule has 1 saturated heterocycles. The standard InChI is InChI=1S/C27H37N5O/c1-2-3-13-28-27-29-18-24-25(20-32(26(24)30-27)19-21-7-5-4-6-8-21)22-9-11-23(12-10-22)31-14-16-33-17-15-31/h9-12,18,20-21H,2-8,13-17,19H2,1H3,(H,28,29,30). The van der Waals surface area contributed by atoms with Crippen molar-refractivity contribution >= 4 is 22.7 Å². The summed E-state index contributed by atoms with van der Waals surface area (Å²) in [6.07, 6.45) is 13.4. The second kappa shape index (κ2) is 10.6. The molecule has 1 aromatic carbocycles. The summed E-state index contributed by atoms with van der Waals surface area (Å²) in [7, 11) is 0. The molecule has 1 N–H and O–H groups in total. The van der Waals surface area contributed by atoms with Gasteiger partial charge in [-0.2, -0.15) is 4.98 Å². The minimum Gasteiger partial charge on any atom is -0.378 e. The average molecular weight is 448 g/mol. The van der Waals surface area contributed by atoms with E-state index in [-0.39, 0.29) is 0 Å². The van der Waals surface area contributed by atoms with Gasteiger partial charge in [-0.05, 0) is 42.9 Å². The number of rotatable bonds is 8. The molecule has 0 atom stereocenters. The highest BCUT2D eigenvalue weighted by Gasteiger charge is 2.19. The Hall–Kier alpha value is -2.60. The molecule has 1 saturated carbocycles. The molecule has 2 aromatic heterocycles. The van der Waals surface area contributed by atoms with Crippen LogP contribution in [0, 0.1) is 5.92 Å². The van der Waals surface area contributed by atoms with Crippen LogP contribution in [0.1, 0.15) is 51.9 Å². The zero-order valence-corrected chi connectivity index (χ0v) is 19.9. The smallest absolute Gasteiger partial charge is 0.224 e. The predicted octanol–water partition coefficient (Wildman–Crippen LogP) is 5.73. The van der Waals surface area contributed by atoms with Gasteiger partial charge in [0.15, 0.2) is 0 Å². The lowest BCUT2D eigenvalue weighted by Crippen LogP contribution is -2.36. The maximum absolute atomic E-state index is 5.50. The lowest BCUT2D eigenvalue weighted by molar-refractivity contribution is 0.122. The van der Waals surface area contributed by atoms with Crippen LogP contribution in [-0.4, -0.2) is 47.4 Å². The Balaban J connectivity index is 1.45. The molecule has 1 aliphatic carbocycles. The minimum atomic E-state index is 0.744. The van der Waals surface area contributed by atoms with Gasteiger partial charge in [0.25, 0.3) is 0 Å². The number of fused-ring (bicyclic) bond motifs is 1. The molecular formula is C27H37N5O. The van der Waals surface area contributed by atoms with Gasteiger partial charge in [-0.3, -0.25) is 0 Å². The van der Waals surface area contributed by atoms with E-state index in [1.54, 1.807) is 0 Å². The van der Waals surface area contributed by atoms with E-state index in [0.717, 1.165) is 75.1 Å². The highest BCUT2D eigenvalue weighted by atomic mass is 16.5. The number of nitrogens with zero attached hydrogens (tertiary/aromatic N) is 4. The summed E-state index contributed by atoms with van der Waals surface area (Å²) in [5.41, 5.74) is 4.79. The van der Waals surface area contributed by atoms with Crippen LogP contribution in [0.3, 0.4) is 0 Å². The molecule has 3 aromatic rings. The second-order valence-electron chi connectivity index (χ2n) is 9.56. The summed E-state index contributed by atoms with van der Waals surface area (Å²) in [5, 5.41) is 4.55. The number of nitrogens with one attached hydrogen (secondary N) is 1. The fourth-order valence-electron chi connectivity index (χ4n) is 5.22. The van der Waals surface area contributed by atoms with Gasteiger partial charge in [-0.1, -0.05) is 44.7 Å². The highest BCUT2D eigenvalue weighted by Crippen LogP contribution is 2.33. The van der Waals surface area contributed by atoms with Crippen molar-refractivity contribution in [2.24, 2.45) is 5.92 Å². The number of unbranched alkanes of at least 4 members (excludes halogenated alkanes) is 1. The zero-order chi connectivity index (χ0) is 22.5. The van der Waals surface area contributed by atoms with Crippen LogP contribution >= 0.6 is 0 Å². The Bertz CT molecular complexity index is 1030. The van der Waals surface area contributed by atoms with Crippen molar-refractivity contribution in [2.45, 2.75) is 58.4 Å². The van der Waals surface area contributed by atoms with Crippen molar-refractivity contribution in [1.29, 1.82) is 0 Å². The zero-order valence-electron chi connectivity index (χ0n) is 19.9. The van der Waals surface area contributed by atoms with Gasteiger partial charge < -0.3 is 19.5 Å². The second-order valence-corrected chi connectivity index (χ2v) is 9.56. The number of aromatic nitrogens is 3. The molecule has 6 heteroatoms. The average Bonchev–Trinajstić information content (AvgIpc) is 3.23. The Kier molecular flexibility index (Phi) is 7.10. The normalized spacial score (nSPS) is 17.5. The SMILES string of the molecule is CCCCNc1ncc2c(-c3ccc(N4CCOCC4)cc3)cn(CC3CCCCC3)c2n1. The molecule has 2 fully saturated rings. The number of morpholine rings is 1. The molecule has 2 aliphatic rings. The van der Waals surface area contributed by atoms with E-state index >= 15 is 0 Å². The van der Waals surface area contributed by atoms with E-state index < -0.39 is 0 Å². The molecule has 5 rings (SSSR count). The molecular weight excluding hydrogens is 410 g/mol. The molecule has 0 amide bonds. The van der Waals surface area contributed by atoms with Crippen molar-refractivity contribution in [3.63, 3.8) is 0 Å². The van der Waals surface area contributed by atoms with Gasteiger partial charge in [0, 0.05) is 55.2 Å². The fraction of sp³-hybridized carbons (Fsp3) is 0.556. The molecule has 0 spiro atoms. The minimum absolute atomic E-state index is 0.744. The van der Waals surface area contributed by atoms with Gasteiger partial charge in [0.05, 0.1) is 13.2 Å². The number of benzene rings is 1. The van der Waals surface area contributed by atoms with Crippen LogP contribution in [0.4, 0.5) is 11.6 Å². The van der Waals surface area contributed by atoms with E-state index in [1.807, 2.05) is 6.20 Å². The third kappa shape index (κ3) is 5.16. The molecule has 33 heavy (non-hydrogen) atoms. The largest absolute Gasteiger partial charge is 0.378 e. The summed E-state index contributed by atoms with van der Waals surface area (Å²) < 4.78 is 7.90. The lowest BCUT2D eigenvalue weighted by atomic mass is 9.89. The third-order valence-corrected chi connectivity index (χ3v) is 7.16. The van der Waals surface area contributed by atoms with Crippen LogP contribution in [0.25, 0.3) is 22.2 Å². The van der Waals surface area contributed by atoms with Crippen molar-refractivity contribution in [2.75, 3.05) is 43.1 Å². The van der Waals surface area contributed by atoms with Gasteiger partial charge in [0.1, 0.15) is 5.65 Å². The van der Waals surface area contributed by atoms with E-state index in [2.05, 4.69) is 57.2 Å². The molecule has 0 bridgehead atoms. The van der Waals surface area contributed by atoms with Gasteiger partial charge in [-0.25, -0.2) is 4.98 Å². The third-order valence-electron chi connectivity index (χ3n) is 7.16. The van der Waals surface area contributed by atoms with Crippen molar-refractivity contribution < 1.29 is 4.74 Å². The van der Waals surface area contributed by atoms with Crippen LogP contribution in [-0.2, 0) is 11.3 Å². The number of hydrogen-bond donors (Lipinski definition) is 1. The first kappa shape index (κ1) is 22.2. The lowest BCUT2D eigenvalue weighted by Gasteiger charge is -2.28. The summed E-state index contributed by atoms with van der Waals surface area (Å²) >= 11 is 0. The Morgan fingerprint density at radius 1 is 1.06 bits per heavy atom. The van der Waals surface area contributed by atoms with Crippen molar-refractivity contribution in [1.82, 2.24) is 14.5 Å². The van der Waals surface area contributed by atoms with Gasteiger partial charge in [-0.15, -0.1) is 0 Å². The first-order chi connectivity index (χ1) is 16.3. The molecule has 1 aliphatic heterocycles. The number of hydrogen-bond acceptors (Lipinski definition) is 5. The van der Waals surface area contributed by atoms with Crippen LogP contribution in [0.5, 0.6) is 0 Å². The number of anilines is 2. The van der Waals surface area contributed by atoms with Crippen LogP contribution in [0.15, 0.2) is 36.7 Å². The number of ether oxygens (including phenoxy) is 1. The molecule has 0 unspecified atom stereocenters. The maximum Gasteiger partial charge on any atom is 0.224 e. The van der Waals surface area contributed by atoms with Crippen LogP contribution < -0.4 is 10.2 Å². The van der Waals surface area contributed by atoms with E-state index in [9.17, 15) is 0 Å². The summed E-state index contributed by atoms with van der Waals surface area (Å²) in [4.78, 5) is 12.0. The quantitative estimate of drug-likeness (QED) is 0.447. The predicted molar refractivity (Wildman–Crippen MR) is 136 cm³/mol. The van der Waals surface area contributed by atoms with Crippen LogP contribution in [0.2, 0.25) is 0 Å². The fourth-order valence-corrected chi connectivity index (χ4v) is 5.22. The Morgan fingerprint density at radius 3 is 2.61 bits per heavy atom. The van der Waals surface area contributed by atoms with E-state index in [4.69, 9.17) is 9.72 Å². The van der Waals surface area contributed by atoms with Crippen molar-refractivity contribution in [3.05, 3.63) is 36.7 Å². The van der Waals surface area contributed by atoms with Crippen molar-refractivity contribution in [3.8, 4) is 11.1 Å². The molecule has 3 heterocycles.